The van der Waals surface area contributed by atoms with Gasteiger partial charge in [-0.3, -0.25) is 4.79 Å². The van der Waals surface area contributed by atoms with Gasteiger partial charge in [-0.05, 0) is 13.3 Å². The molecule has 12 heavy (non-hydrogen) atoms. The first-order chi connectivity index (χ1) is 5.75. The fraction of sp³-hybridized carbons (Fsp3) is 0.889. The number of piperazine rings is 1. The van der Waals surface area contributed by atoms with E-state index in [1.54, 1.807) is 0 Å². The SMILES string of the molecule is CCCC(C)N1CCNCC1=O. The molecule has 0 spiro atoms. The zero-order chi connectivity index (χ0) is 8.97. The van der Waals surface area contributed by atoms with Crippen LogP contribution in [0.4, 0.5) is 0 Å². The largest absolute Gasteiger partial charge is 0.338 e. The summed E-state index contributed by atoms with van der Waals surface area (Å²) in [6, 6.07) is 0.421. The molecule has 1 rings (SSSR count). The minimum atomic E-state index is 0.252. The molecule has 0 radical (unpaired) electrons. The highest BCUT2D eigenvalue weighted by Crippen LogP contribution is 2.07. The summed E-state index contributed by atoms with van der Waals surface area (Å²) < 4.78 is 0. The van der Waals surface area contributed by atoms with Crippen molar-refractivity contribution in [1.82, 2.24) is 10.2 Å². The molecule has 1 aliphatic heterocycles. The maximum atomic E-state index is 11.4. The first kappa shape index (κ1) is 9.52. The summed E-state index contributed by atoms with van der Waals surface area (Å²) in [7, 11) is 0. The third kappa shape index (κ3) is 2.21. The first-order valence-corrected chi connectivity index (χ1v) is 4.76. The van der Waals surface area contributed by atoms with Crippen molar-refractivity contribution in [1.29, 1.82) is 0 Å². The van der Waals surface area contributed by atoms with Gasteiger partial charge in [0.1, 0.15) is 0 Å². The number of rotatable bonds is 3. The molecule has 0 aromatic carbocycles. The highest BCUT2D eigenvalue weighted by molar-refractivity contribution is 5.79. The van der Waals surface area contributed by atoms with Crippen LogP contribution in [-0.2, 0) is 4.79 Å². The van der Waals surface area contributed by atoms with E-state index in [1.807, 2.05) is 4.90 Å². The molecule has 3 nitrogen and oxygen atoms in total. The number of nitrogens with zero attached hydrogens (tertiary/aromatic N) is 1. The van der Waals surface area contributed by atoms with Crippen LogP contribution in [0.1, 0.15) is 26.7 Å². The summed E-state index contributed by atoms with van der Waals surface area (Å²) in [5, 5.41) is 3.07. The van der Waals surface area contributed by atoms with E-state index in [-0.39, 0.29) is 5.91 Å². The van der Waals surface area contributed by atoms with Crippen LogP contribution in [0.5, 0.6) is 0 Å². The number of hydrogen-bond acceptors (Lipinski definition) is 2. The monoisotopic (exact) mass is 170 g/mol. The van der Waals surface area contributed by atoms with E-state index in [9.17, 15) is 4.79 Å². The van der Waals surface area contributed by atoms with Gasteiger partial charge in [0.15, 0.2) is 0 Å². The lowest BCUT2D eigenvalue weighted by Crippen LogP contribution is -2.51. The smallest absolute Gasteiger partial charge is 0.236 e. The fourth-order valence-electron chi connectivity index (χ4n) is 1.66. The van der Waals surface area contributed by atoms with E-state index in [4.69, 9.17) is 0 Å². The van der Waals surface area contributed by atoms with E-state index in [0.717, 1.165) is 25.9 Å². The molecule has 0 aromatic rings. The Morgan fingerprint density at radius 2 is 2.42 bits per heavy atom. The predicted molar refractivity (Wildman–Crippen MR) is 49.0 cm³/mol. The number of hydrogen-bond donors (Lipinski definition) is 1. The Kier molecular flexibility index (Phi) is 3.53. The van der Waals surface area contributed by atoms with Gasteiger partial charge in [0, 0.05) is 19.1 Å². The molecule has 0 bridgehead atoms. The zero-order valence-electron chi connectivity index (χ0n) is 7.97. The molecule has 70 valence electrons. The Hall–Kier alpha value is -0.570. The third-order valence-corrected chi connectivity index (χ3v) is 2.36. The molecule has 1 aliphatic rings. The lowest BCUT2D eigenvalue weighted by atomic mass is 10.1. The topological polar surface area (TPSA) is 32.3 Å². The molecule has 0 saturated carbocycles. The van der Waals surface area contributed by atoms with Crippen molar-refractivity contribution in [2.45, 2.75) is 32.7 Å². The predicted octanol–water partition coefficient (Wildman–Crippen LogP) is 0.607. The second kappa shape index (κ2) is 4.45. The van der Waals surface area contributed by atoms with Gasteiger partial charge in [-0.15, -0.1) is 0 Å². The van der Waals surface area contributed by atoms with E-state index in [0.29, 0.717) is 12.6 Å². The van der Waals surface area contributed by atoms with Gasteiger partial charge in [0.2, 0.25) is 5.91 Å². The van der Waals surface area contributed by atoms with Gasteiger partial charge in [0.25, 0.3) is 0 Å². The molecule has 1 amide bonds. The van der Waals surface area contributed by atoms with Crippen molar-refractivity contribution >= 4 is 5.91 Å². The normalized spacial score (nSPS) is 21.2. The molecule has 1 heterocycles. The maximum absolute atomic E-state index is 11.4. The van der Waals surface area contributed by atoms with Crippen LogP contribution in [0.2, 0.25) is 0 Å². The molecule has 0 aromatic heterocycles. The van der Waals surface area contributed by atoms with Crippen LogP contribution in [-0.4, -0.2) is 36.5 Å². The van der Waals surface area contributed by atoms with Crippen LogP contribution < -0.4 is 5.32 Å². The Bertz CT molecular complexity index is 159. The summed E-state index contributed by atoms with van der Waals surface area (Å²) in [4.78, 5) is 13.4. The quantitative estimate of drug-likeness (QED) is 0.673. The summed E-state index contributed by atoms with van der Waals surface area (Å²) in [5.41, 5.74) is 0. The van der Waals surface area contributed by atoms with Crippen LogP contribution in [0, 0.1) is 0 Å². The van der Waals surface area contributed by atoms with E-state index >= 15 is 0 Å². The molecule has 1 fully saturated rings. The molecular weight excluding hydrogens is 152 g/mol. The van der Waals surface area contributed by atoms with Crippen molar-refractivity contribution in [2.24, 2.45) is 0 Å². The maximum Gasteiger partial charge on any atom is 0.236 e. The highest BCUT2D eigenvalue weighted by atomic mass is 16.2. The van der Waals surface area contributed by atoms with E-state index < -0.39 is 0 Å². The average molecular weight is 170 g/mol. The van der Waals surface area contributed by atoms with Crippen LogP contribution in [0.3, 0.4) is 0 Å². The second-order valence-corrected chi connectivity index (χ2v) is 3.40. The minimum absolute atomic E-state index is 0.252. The minimum Gasteiger partial charge on any atom is -0.338 e. The Balaban J connectivity index is 2.42. The molecule has 1 N–H and O–H groups in total. The van der Waals surface area contributed by atoms with Gasteiger partial charge in [0.05, 0.1) is 6.54 Å². The van der Waals surface area contributed by atoms with Gasteiger partial charge in [-0.25, -0.2) is 0 Å². The van der Waals surface area contributed by atoms with Crippen LogP contribution >= 0.6 is 0 Å². The average Bonchev–Trinajstić information content (AvgIpc) is 2.05. The first-order valence-electron chi connectivity index (χ1n) is 4.76. The summed E-state index contributed by atoms with van der Waals surface area (Å²) in [6.07, 6.45) is 2.27. The van der Waals surface area contributed by atoms with Gasteiger partial charge in [-0.2, -0.15) is 0 Å². The van der Waals surface area contributed by atoms with Crippen LogP contribution in [0.25, 0.3) is 0 Å². The molecular formula is C9H18N2O. The number of amides is 1. The van der Waals surface area contributed by atoms with Gasteiger partial charge in [-0.1, -0.05) is 13.3 Å². The van der Waals surface area contributed by atoms with Crippen molar-refractivity contribution in [2.75, 3.05) is 19.6 Å². The van der Waals surface area contributed by atoms with Crippen LogP contribution in [0.15, 0.2) is 0 Å². The number of carbonyl (C=O) groups is 1. The van der Waals surface area contributed by atoms with Crippen molar-refractivity contribution in [3.05, 3.63) is 0 Å². The third-order valence-electron chi connectivity index (χ3n) is 2.36. The standard InChI is InChI=1S/C9H18N2O/c1-3-4-8(2)11-6-5-10-7-9(11)12/h8,10H,3-7H2,1-2H3. The number of carbonyl (C=O) groups excluding carboxylic acids is 1. The molecule has 3 heteroatoms. The zero-order valence-corrected chi connectivity index (χ0v) is 7.97. The van der Waals surface area contributed by atoms with Gasteiger partial charge < -0.3 is 10.2 Å². The summed E-state index contributed by atoms with van der Waals surface area (Å²) >= 11 is 0. The van der Waals surface area contributed by atoms with E-state index in [1.165, 1.54) is 0 Å². The summed E-state index contributed by atoms with van der Waals surface area (Å²) in [6.45, 7) is 6.63. The molecule has 1 atom stereocenters. The second-order valence-electron chi connectivity index (χ2n) is 3.40. The number of nitrogens with one attached hydrogen (secondary N) is 1. The Morgan fingerprint density at radius 3 is 3.00 bits per heavy atom. The molecule has 1 saturated heterocycles. The van der Waals surface area contributed by atoms with Crippen molar-refractivity contribution in [3.8, 4) is 0 Å². The molecule has 0 aliphatic carbocycles. The lowest BCUT2D eigenvalue weighted by Gasteiger charge is -2.32. The molecule has 1 unspecified atom stereocenters. The van der Waals surface area contributed by atoms with Crippen molar-refractivity contribution < 1.29 is 4.79 Å². The Labute approximate surface area is 74.1 Å². The lowest BCUT2D eigenvalue weighted by molar-refractivity contribution is -0.134. The highest BCUT2D eigenvalue weighted by Gasteiger charge is 2.21. The fourth-order valence-corrected chi connectivity index (χ4v) is 1.66. The summed E-state index contributed by atoms with van der Waals surface area (Å²) in [5.74, 6) is 0.252. The van der Waals surface area contributed by atoms with Gasteiger partial charge >= 0.3 is 0 Å². The Morgan fingerprint density at radius 1 is 1.67 bits per heavy atom. The van der Waals surface area contributed by atoms with Crippen molar-refractivity contribution in [3.63, 3.8) is 0 Å². The van der Waals surface area contributed by atoms with E-state index in [2.05, 4.69) is 19.2 Å².